The fourth-order valence-electron chi connectivity index (χ4n) is 4.93. The van der Waals surface area contributed by atoms with Gasteiger partial charge in [0.2, 0.25) is 10.0 Å². The van der Waals surface area contributed by atoms with Gasteiger partial charge < -0.3 is 10.0 Å². The summed E-state index contributed by atoms with van der Waals surface area (Å²) in [4.78, 5) is 28.0. The van der Waals surface area contributed by atoms with Crippen LogP contribution in [0.15, 0.2) is 47.4 Å². The highest BCUT2D eigenvalue weighted by atomic mass is 32.2. The average molecular weight is 485 g/mol. The van der Waals surface area contributed by atoms with Crippen LogP contribution in [0.5, 0.6) is 5.75 Å². The average Bonchev–Trinajstić information content (AvgIpc) is 2.84. The molecular weight excluding hydrogens is 452 g/mol. The Hall–Kier alpha value is -2.71. The molecule has 2 fully saturated rings. The second kappa shape index (κ2) is 9.88. The molecule has 1 N–H and O–H groups in total. The number of phenolic OH excluding ortho intramolecular Hbond substituents is 1. The van der Waals surface area contributed by atoms with Crippen LogP contribution in [0.3, 0.4) is 0 Å². The van der Waals surface area contributed by atoms with Crippen molar-refractivity contribution in [3.8, 4) is 5.75 Å². The summed E-state index contributed by atoms with van der Waals surface area (Å²) in [6, 6.07) is 11.0. The summed E-state index contributed by atoms with van der Waals surface area (Å²) in [6.45, 7) is 5.12. The van der Waals surface area contributed by atoms with E-state index in [1.54, 1.807) is 33.5 Å². The first-order valence-corrected chi connectivity index (χ1v) is 13.4. The van der Waals surface area contributed by atoms with E-state index in [2.05, 4.69) is 0 Å². The third-order valence-corrected chi connectivity index (χ3v) is 9.10. The number of phenols is 1. The molecule has 2 heterocycles. The van der Waals surface area contributed by atoms with E-state index >= 15 is 0 Å². The number of amides is 1. The Morgan fingerprint density at radius 1 is 0.941 bits per heavy atom. The van der Waals surface area contributed by atoms with E-state index in [4.69, 9.17) is 0 Å². The van der Waals surface area contributed by atoms with Gasteiger partial charge in [0.25, 0.3) is 5.91 Å². The largest absolute Gasteiger partial charge is 0.508 e. The maximum absolute atomic E-state index is 13.3. The quantitative estimate of drug-likeness (QED) is 0.648. The highest BCUT2D eigenvalue weighted by Gasteiger charge is 2.33. The molecule has 8 heteroatoms. The molecule has 0 spiro atoms. The van der Waals surface area contributed by atoms with E-state index in [0.717, 1.165) is 24.8 Å². The van der Waals surface area contributed by atoms with Gasteiger partial charge in [-0.2, -0.15) is 4.31 Å². The van der Waals surface area contributed by atoms with Gasteiger partial charge in [-0.25, -0.2) is 8.42 Å². The molecule has 2 aromatic rings. The highest BCUT2D eigenvalue weighted by molar-refractivity contribution is 7.89. The van der Waals surface area contributed by atoms with E-state index in [0.29, 0.717) is 43.6 Å². The van der Waals surface area contributed by atoms with Gasteiger partial charge in [0, 0.05) is 42.7 Å². The number of likely N-dealkylation sites (tertiary alicyclic amines) is 1. The van der Waals surface area contributed by atoms with Gasteiger partial charge in [-0.1, -0.05) is 12.5 Å². The summed E-state index contributed by atoms with van der Waals surface area (Å²) >= 11 is 0. The van der Waals surface area contributed by atoms with E-state index in [-0.39, 0.29) is 34.3 Å². The van der Waals surface area contributed by atoms with Crippen LogP contribution >= 0.6 is 0 Å². The Kier molecular flexibility index (Phi) is 7.09. The van der Waals surface area contributed by atoms with Crippen LogP contribution < -0.4 is 0 Å². The zero-order valence-corrected chi connectivity index (χ0v) is 20.6. The standard InChI is InChI=1S/C26H32N2O5S/c1-18-6-11-23(34(32,33)28-14-4-3-5-19(28)2)17-24(18)26(31)27-15-12-21(13-16-27)25(30)20-7-9-22(29)10-8-20/h6-11,17,19,21,29H,3-5,12-16H2,1-2H3. The molecule has 1 atom stereocenters. The number of hydrogen-bond acceptors (Lipinski definition) is 5. The Morgan fingerprint density at radius 3 is 2.26 bits per heavy atom. The third kappa shape index (κ3) is 4.88. The van der Waals surface area contributed by atoms with Crippen molar-refractivity contribution in [3.05, 3.63) is 59.2 Å². The third-order valence-electron chi connectivity index (χ3n) is 7.09. The number of piperidine rings is 2. The Labute approximate surface area is 201 Å². The second-order valence-corrected chi connectivity index (χ2v) is 11.3. The van der Waals surface area contributed by atoms with Crippen molar-refractivity contribution in [1.29, 1.82) is 0 Å². The van der Waals surface area contributed by atoms with Gasteiger partial charge in [-0.05, 0) is 81.5 Å². The molecule has 7 nitrogen and oxygen atoms in total. The van der Waals surface area contributed by atoms with Crippen LogP contribution in [0, 0.1) is 12.8 Å². The van der Waals surface area contributed by atoms with Crippen LogP contribution in [0.25, 0.3) is 0 Å². The number of aryl methyl sites for hydroxylation is 1. The maximum atomic E-state index is 13.3. The maximum Gasteiger partial charge on any atom is 0.254 e. The van der Waals surface area contributed by atoms with Crippen molar-refractivity contribution < 1.29 is 23.1 Å². The van der Waals surface area contributed by atoms with Gasteiger partial charge >= 0.3 is 0 Å². The van der Waals surface area contributed by atoms with E-state index in [1.165, 1.54) is 18.2 Å². The highest BCUT2D eigenvalue weighted by Crippen LogP contribution is 2.28. The minimum Gasteiger partial charge on any atom is -0.508 e. The second-order valence-electron chi connectivity index (χ2n) is 9.41. The predicted molar refractivity (Wildman–Crippen MR) is 129 cm³/mol. The Morgan fingerprint density at radius 2 is 1.62 bits per heavy atom. The normalized spacial score (nSPS) is 20.3. The first-order valence-electron chi connectivity index (χ1n) is 11.9. The first kappa shape index (κ1) is 24.4. The molecular formula is C26H32N2O5S. The number of carbonyl (C=O) groups excluding carboxylic acids is 2. The number of aromatic hydroxyl groups is 1. The van der Waals surface area contributed by atoms with E-state index in [1.807, 2.05) is 13.8 Å². The molecule has 34 heavy (non-hydrogen) atoms. The van der Waals surface area contributed by atoms with Crippen LogP contribution in [0.1, 0.15) is 65.3 Å². The molecule has 0 bridgehead atoms. The zero-order chi connectivity index (χ0) is 24.5. The lowest BCUT2D eigenvalue weighted by Gasteiger charge is -2.33. The van der Waals surface area contributed by atoms with Crippen LogP contribution in [-0.4, -0.2) is 60.1 Å². The fourth-order valence-corrected chi connectivity index (χ4v) is 6.66. The Balaban J connectivity index is 1.47. The molecule has 2 aliphatic heterocycles. The van der Waals surface area contributed by atoms with Crippen LogP contribution in [0.4, 0.5) is 0 Å². The minimum absolute atomic E-state index is 0.0204. The van der Waals surface area contributed by atoms with Crippen molar-refractivity contribution in [1.82, 2.24) is 9.21 Å². The molecule has 1 unspecified atom stereocenters. The van der Waals surface area contributed by atoms with Gasteiger partial charge in [0.05, 0.1) is 4.90 Å². The zero-order valence-electron chi connectivity index (χ0n) is 19.7. The number of sulfonamides is 1. The van der Waals surface area contributed by atoms with Gasteiger partial charge in [-0.3, -0.25) is 9.59 Å². The predicted octanol–water partition coefficient (Wildman–Crippen LogP) is 4.00. The summed E-state index contributed by atoms with van der Waals surface area (Å²) in [5.41, 5.74) is 1.69. The molecule has 0 radical (unpaired) electrons. The number of rotatable bonds is 5. The topological polar surface area (TPSA) is 95.0 Å². The van der Waals surface area contributed by atoms with Crippen molar-refractivity contribution in [3.63, 3.8) is 0 Å². The molecule has 0 saturated carbocycles. The molecule has 0 aliphatic carbocycles. The van der Waals surface area contributed by atoms with E-state index in [9.17, 15) is 23.1 Å². The molecule has 1 amide bonds. The number of hydrogen-bond donors (Lipinski definition) is 1. The number of benzene rings is 2. The summed E-state index contributed by atoms with van der Waals surface area (Å²) in [5, 5.41) is 9.44. The van der Waals surface area contributed by atoms with Gasteiger partial charge in [0.15, 0.2) is 5.78 Å². The molecule has 0 aromatic heterocycles. The van der Waals surface area contributed by atoms with Gasteiger partial charge in [0.1, 0.15) is 5.75 Å². The summed E-state index contributed by atoms with van der Waals surface area (Å²) < 4.78 is 28.1. The monoisotopic (exact) mass is 484 g/mol. The Bertz CT molecular complexity index is 1170. The fraction of sp³-hybridized carbons (Fsp3) is 0.462. The van der Waals surface area contributed by atoms with Crippen LogP contribution in [-0.2, 0) is 10.0 Å². The minimum atomic E-state index is -3.67. The van der Waals surface area contributed by atoms with E-state index < -0.39 is 10.0 Å². The lowest BCUT2D eigenvalue weighted by atomic mass is 9.88. The van der Waals surface area contributed by atoms with Gasteiger partial charge in [-0.15, -0.1) is 0 Å². The SMILES string of the molecule is Cc1ccc(S(=O)(=O)N2CCCCC2C)cc1C(=O)N1CCC(C(=O)c2ccc(O)cc2)CC1. The lowest BCUT2D eigenvalue weighted by Crippen LogP contribution is -2.42. The molecule has 182 valence electrons. The summed E-state index contributed by atoms with van der Waals surface area (Å²) in [6.07, 6.45) is 3.81. The number of nitrogens with zero attached hydrogens (tertiary/aromatic N) is 2. The molecule has 2 aliphatic rings. The molecule has 2 aromatic carbocycles. The van der Waals surface area contributed by atoms with Crippen LogP contribution in [0.2, 0.25) is 0 Å². The van der Waals surface area contributed by atoms with Crippen molar-refractivity contribution in [2.75, 3.05) is 19.6 Å². The lowest BCUT2D eigenvalue weighted by molar-refractivity contribution is 0.0649. The molecule has 4 rings (SSSR count). The summed E-state index contributed by atoms with van der Waals surface area (Å²) in [7, 11) is -3.67. The smallest absolute Gasteiger partial charge is 0.254 e. The molecule has 2 saturated heterocycles. The first-order chi connectivity index (χ1) is 16.2. The van der Waals surface area contributed by atoms with Crippen molar-refractivity contribution in [2.24, 2.45) is 5.92 Å². The number of Topliss-reactive ketones (excluding diaryl/α,β-unsaturated/α-hetero) is 1. The number of carbonyl (C=O) groups is 2. The van der Waals surface area contributed by atoms with Crippen molar-refractivity contribution >= 4 is 21.7 Å². The van der Waals surface area contributed by atoms with Crippen molar-refractivity contribution in [2.45, 2.75) is 56.9 Å². The summed E-state index contributed by atoms with van der Waals surface area (Å²) in [5.74, 6) is -0.239. The number of ketones is 1.